The number of carboxylic acid groups (broad SMARTS) is 1. The van der Waals surface area contributed by atoms with E-state index in [0.29, 0.717) is 11.3 Å². The van der Waals surface area contributed by atoms with Gasteiger partial charge in [0.15, 0.2) is 5.78 Å². The lowest BCUT2D eigenvalue weighted by Gasteiger charge is -2.06. The number of hydrogen-bond acceptors (Lipinski definition) is 3. The van der Waals surface area contributed by atoms with Crippen LogP contribution in [0.25, 0.3) is 16.6 Å². The van der Waals surface area contributed by atoms with Gasteiger partial charge in [-0.3, -0.25) is 9.59 Å². The number of aliphatic carboxylic acids is 1. The lowest BCUT2D eigenvalue weighted by atomic mass is 10.0. The van der Waals surface area contributed by atoms with Crippen molar-refractivity contribution in [2.45, 2.75) is 12.8 Å². The number of hydrogen-bond donors (Lipinski definition) is 1. The van der Waals surface area contributed by atoms with Crippen LogP contribution in [0.5, 0.6) is 0 Å². The van der Waals surface area contributed by atoms with E-state index in [2.05, 4.69) is 6.07 Å². The molecule has 0 spiro atoms. The number of pyridine rings is 1. The minimum atomic E-state index is -0.996. The van der Waals surface area contributed by atoms with Crippen molar-refractivity contribution in [2.24, 2.45) is 0 Å². The zero-order chi connectivity index (χ0) is 17.1. The van der Waals surface area contributed by atoms with Gasteiger partial charge in [0, 0.05) is 23.7 Å². The number of Topliss-reactive ketones (excluding diaryl/α,β-unsaturated/α-hetero) is 1. The Hall–Kier alpha value is -3.39. The van der Waals surface area contributed by atoms with Crippen molar-refractivity contribution in [3.63, 3.8) is 0 Å². The minimum Gasteiger partial charge on any atom is -0.481 e. The molecule has 2 heterocycles. The number of fused-ring (bicyclic) bond motifs is 1. The Morgan fingerprint density at radius 2 is 1.83 bits per heavy atom. The second-order valence-electron chi connectivity index (χ2n) is 5.41. The second-order valence-corrected chi connectivity index (χ2v) is 5.41. The topological polar surface area (TPSA) is 82.6 Å². The van der Waals surface area contributed by atoms with Crippen LogP contribution in [0.1, 0.15) is 28.9 Å². The van der Waals surface area contributed by atoms with E-state index in [4.69, 9.17) is 10.4 Å². The average molecular weight is 318 g/mol. The molecule has 0 saturated carbocycles. The highest BCUT2D eigenvalue weighted by Gasteiger charge is 2.19. The Kier molecular flexibility index (Phi) is 4.13. The summed E-state index contributed by atoms with van der Waals surface area (Å²) in [6.45, 7) is 0. The highest BCUT2D eigenvalue weighted by Crippen LogP contribution is 2.29. The van der Waals surface area contributed by atoms with Crippen molar-refractivity contribution in [1.29, 1.82) is 5.26 Å². The Morgan fingerprint density at radius 1 is 1.08 bits per heavy atom. The zero-order valence-electron chi connectivity index (χ0n) is 12.8. The van der Waals surface area contributed by atoms with E-state index in [0.717, 1.165) is 16.6 Å². The first-order valence-corrected chi connectivity index (χ1v) is 7.46. The van der Waals surface area contributed by atoms with Crippen molar-refractivity contribution in [3.05, 3.63) is 66.0 Å². The van der Waals surface area contributed by atoms with E-state index in [-0.39, 0.29) is 18.6 Å². The minimum absolute atomic E-state index is 0.0559. The molecule has 0 atom stereocenters. The third-order valence-corrected chi connectivity index (χ3v) is 3.83. The molecule has 24 heavy (non-hydrogen) atoms. The van der Waals surface area contributed by atoms with Crippen molar-refractivity contribution in [1.82, 2.24) is 4.40 Å². The fourth-order valence-corrected chi connectivity index (χ4v) is 2.69. The maximum Gasteiger partial charge on any atom is 0.303 e. The van der Waals surface area contributed by atoms with Crippen LogP contribution >= 0.6 is 0 Å². The molecule has 1 aromatic carbocycles. The Morgan fingerprint density at radius 3 is 2.50 bits per heavy atom. The lowest BCUT2D eigenvalue weighted by Crippen LogP contribution is -2.08. The second kappa shape index (κ2) is 6.39. The van der Waals surface area contributed by atoms with Gasteiger partial charge in [-0.05, 0) is 35.9 Å². The molecule has 3 aromatic rings. The smallest absolute Gasteiger partial charge is 0.303 e. The Labute approximate surface area is 138 Å². The predicted molar refractivity (Wildman–Crippen MR) is 88.7 cm³/mol. The van der Waals surface area contributed by atoms with Crippen LogP contribution in [0.3, 0.4) is 0 Å². The Bertz CT molecular complexity index is 962. The molecule has 0 bridgehead atoms. The molecule has 0 aliphatic heterocycles. The van der Waals surface area contributed by atoms with Gasteiger partial charge in [0.25, 0.3) is 0 Å². The summed E-state index contributed by atoms with van der Waals surface area (Å²) < 4.78 is 1.78. The van der Waals surface area contributed by atoms with E-state index >= 15 is 0 Å². The number of nitriles is 1. The molecule has 5 heteroatoms. The van der Waals surface area contributed by atoms with E-state index < -0.39 is 5.97 Å². The largest absolute Gasteiger partial charge is 0.481 e. The van der Waals surface area contributed by atoms with Crippen LogP contribution in [0.2, 0.25) is 0 Å². The van der Waals surface area contributed by atoms with E-state index in [1.807, 2.05) is 24.3 Å². The van der Waals surface area contributed by atoms with E-state index in [1.165, 1.54) is 0 Å². The number of carboxylic acids is 1. The van der Waals surface area contributed by atoms with Gasteiger partial charge >= 0.3 is 5.97 Å². The third-order valence-electron chi connectivity index (χ3n) is 3.83. The van der Waals surface area contributed by atoms with Gasteiger partial charge < -0.3 is 9.51 Å². The quantitative estimate of drug-likeness (QED) is 0.730. The summed E-state index contributed by atoms with van der Waals surface area (Å²) in [5, 5.41) is 17.7. The van der Waals surface area contributed by atoms with Gasteiger partial charge in [0.2, 0.25) is 0 Å². The zero-order valence-corrected chi connectivity index (χ0v) is 12.8. The first kappa shape index (κ1) is 15.5. The van der Waals surface area contributed by atoms with Crippen LogP contribution in [0.15, 0.2) is 54.7 Å². The van der Waals surface area contributed by atoms with Gasteiger partial charge in [-0.25, -0.2) is 0 Å². The summed E-state index contributed by atoms with van der Waals surface area (Å²) in [5.41, 5.74) is 3.42. The molecule has 5 nitrogen and oxygen atoms in total. The summed E-state index contributed by atoms with van der Waals surface area (Å²) >= 11 is 0. The molecule has 0 fully saturated rings. The van der Waals surface area contributed by atoms with Crippen molar-refractivity contribution in [2.75, 3.05) is 0 Å². The summed E-state index contributed by atoms with van der Waals surface area (Å²) in [6.07, 6.45) is 1.53. The average Bonchev–Trinajstić information content (AvgIpc) is 2.99. The SMILES string of the molecule is N#Cc1ccc(-c2cc3ccccn3c2C(=O)CCC(=O)O)cc1. The highest BCUT2D eigenvalue weighted by molar-refractivity contribution is 6.03. The number of aromatic nitrogens is 1. The van der Waals surface area contributed by atoms with Crippen molar-refractivity contribution >= 4 is 17.3 Å². The molecule has 0 radical (unpaired) electrons. The number of benzene rings is 1. The molecule has 0 aliphatic carbocycles. The molecule has 0 unspecified atom stereocenters. The van der Waals surface area contributed by atoms with Gasteiger partial charge in [-0.1, -0.05) is 18.2 Å². The number of nitrogens with zero attached hydrogens (tertiary/aromatic N) is 2. The lowest BCUT2D eigenvalue weighted by molar-refractivity contribution is -0.136. The molecular weight excluding hydrogens is 304 g/mol. The van der Waals surface area contributed by atoms with Crippen molar-refractivity contribution < 1.29 is 14.7 Å². The van der Waals surface area contributed by atoms with Gasteiger partial charge in [-0.15, -0.1) is 0 Å². The molecular formula is C19H14N2O3. The Balaban J connectivity index is 2.12. The van der Waals surface area contributed by atoms with Crippen LogP contribution in [0.4, 0.5) is 0 Å². The standard InChI is InChI=1S/C19H14N2O3/c20-12-13-4-6-14(7-5-13)16-11-15-3-1-2-10-21(15)19(16)17(22)8-9-18(23)24/h1-7,10-11H,8-9H2,(H,23,24). The molecule has 0 saturated heterocycles. The third kappa shape index (κ3) is 2.90. The van der Waals surface area contributed by atoms with Gasteiger partial charge in [0.1, 0.15) is 0 Å². The summed E-state index contributed by atoms with van der Waals surface area (Å²) in [4.78, 5) is 23.4. The van der Waals surface area contributed by atoms with E-state index in [1.54, 1.807) is 34.9 Å². The van der Waals surface area contributed by atoms with Crippen LogP contribution in [0, 0.1) is 11.3 Å². The van der Waals surface area contributed by atoms with Crippen LogP contribution in [-0.4, -0.2) is 21.3 Å². The first-order valence-electron chi connectivity index (χ1n) is 7.46. The molecule has 0 amide bonds. The maximum absolute atomic E-state index is 12.6. The van der Waals surface area contributed by atoms with Crippen LogP contribution < -0.4 is 0 Å². The normalized spacial score (nSPS) is 10.5. The number of carbonyl (C=O) groups is 2. The summed E-state index contributed by atoms with van der Waals surface area (Å²) in [6, 6.07) is 16.5. The molecule has 118 valence electrons. The summed E-state index contributed by atoms with van der Waals surface area (Å²) in [5.74, 6) is -1.22. The molecule has 1 N–H and O–H groups in total. The van der Waals surface area contributed by atoms with Gasteiger partial charge in [-0.2, -0.15) is 5.26 Å². The van der Waals surface area contributed by atoms with Crippen molar-refractivity contribution in [3.8, 4) is 17.2 Å². The number of carbonyl (C=O) groups excluding carboxylic acids is 1. The number of rotatable bonds is 5. The number of ketones is 1. The van der Waals surface area contributed by atoms with Crippen LogP contribution in [-0.2, 0) is 4.79 Å². The first-order chi connectivity index (χ1) is 11.6. The maximum atomic E-state index is 12.6. The van der Waals surface area contributed by atoms with Gasteiger partial charge in [0.05, 0.1) is 23.7 Å². The summed E-state index contributed by atoms with van der Waals surface area (Å²) in [7, 11) is 0. The fourth-order valence-electron chi connectivity index (χ4n) is 2.69. The fraction of sp³-hybridized carbons (Fsp3) is 0.105. The molecule has 0 aliphatic rings. The monoisotopic (exact) mass is 318 g/mol. The molecule has 3 rings (SSSR count). The highest BCUT2D eigenvalue weighted by atomic mass is 16.4. The molecule has 2 aromatic heterocycles. The predicted octanol–water partition coefficient (Wildman–Crippen LogP) is 3.53. The van der Waals surface area contributed by atoms with E-state index in [9.17, 15) is 9.59 Å².